The zero-order valence-corrected chi connectivity index (χ0v) is 15.5. The van der Waals surface area contributed by atoms with Crippen LogP contribution in [0.1, 0.15) is 31.9 Å². The Balaban J connectivity index is 3.01. The van der Waals surface area contributed by atoms with Crippen LogP contribution in [0.4, 0.5) is 13.2 Å². The number of carbonyl (C=O) groups excluding carboxylic acids is 1. The molecule has 0 bridgehead atoms. The smallest absolute Gasteiger partial charge is 0.395 e. The minimum absolute atomic E-state index is 0.0696. The van der Waals surface area contributed by atoms with Crippen LogP contribution in [0.3, 0.4) is 0 Å². The molecule has 7 heteroatoms. The quantitative estimate of drug-likeness (QED) is 0.328. The Morgan fingerprint density at radius 2 is 1.64 bits per heavy atom. The Morgan fingerprint density at radius 1 is 1.04 bits per heavy atom. The lowest BCUT2D eigenvalue weighted by Crippen LogP contribution is -2.18. The van der Waals surface area contributed by atoms with Gasteiger partial charge in [0.05, 0.1) is 5.56 Å². The first-order valence-corrected chi connectivity index (χ1v) is 7.87. The lowest BCUT2D eigenvalue weighted by molar-refractivity contribution is -0.137. The molecule has 0 saturated carbocycles. The van der Waals surface area contributed by atoms with Gasteiger partial charge in [0.15, 0.2) is 0 Å². The summed E-state index contributed by atoms with van der Waals surface area (Å²) in [5.41, 5.74) is 0.520. The van der Waals surface area contributed by atoms with Gasteiger partial charge in [-0.1, -0.05) is 23.6 Å². The van der Waals surface area contributed by atoms with Crippen molar-refractivity contribution in [3.05, 3.63) is 53.4 Å². The molecule has 0 spiro atoms. The summed E-state index contributed by atoms with van der Waals surface area (Å²) in [7, 11) is 0. The van der Waals surface area contributed by atoms with Crippen LogP contribution < -0.4 is 0 Å². The fourth-order valence-electron chi connectivity index (χ4n) is 1.69. The van der Waals surface area contributed by atoms with Gasteiger partial charge in [0, 0.05) is 18.0 Å². The Labute approximate surface area is 161 Å². The maximum absolute atomic E-state index is 12.6. The molecule has 0 amide bonds. The van der Waals surface area contributed by atoms with E-state index in [0.29, 0.717) is 5.56 Å². The van der Waals surface area contributed by atoms with Crippen LogP contribution in [0, 0.1) is 24.7 Å². The van der Waals surface area contributed by atoms with E-state index in [0.717, 1.165) is 17.7 Å². The first-order chi connectivity index (χ1) is 13.1. The van der Waals surface area contributed by atoms with Crippen molar-refractivity contribution in [2.45, 2.75) is 26.9 Å². The van der Waals surface area contributed by atoms with Crippen LogP contribution in [0.15, 0.2) is 52.2 Å². The van der Waals surface area contributed by atoms with Crippen molar-refractivity contribution in [3.8, 4) is 24.7 Å². The summed E-state index contributed by atoms with van der Waals surface area (Å²) in [5, 5.41) is 0. The summed E-state index contributed by atoms with van der Waals surface area (Å²) in [6.07, 6.45) is 8.78. The first kappa shape index (κ1) is 22.5. The van der Waals surface area contributed by atoms with E-state index in [-0.39, 0.29) is 17.2 Å². The zero-order chi connectivity index (χ0) is 21.3. The molecule has 4 nitrogen and oxygen atoms in total. The van der Waals surface area contributed by atoms with Crippen LogP contribution in [0.25, 0.3) is 5.57 Å². The van der Waals surface area contributed by atoms with E-state index in [2.05, 4.69) is 21.8 Å². The predicted molar refractivity (Wildman–Crippen MR) is 103 cm³/mol. The van der Waals surface area contributed by atoms with Crippen molar-refractivity contribution in [1.29, 1.82) is 0 Å². The molecule has 0 aromatic heterocycles. The predicted octanol–water partition coefficient (Wildman–Crippen LogP) is 4.64. The fraction of sp³-hybridized carbons (Fsp3) is 0.190. The fourth-order valence-corrected chi connectivity index (χ4v) is 1.69. The van der Waals surface area contributed by atoms with Gasteiger partial charge in [0.25, 0.3) is 5.90 Å². The maximum Gasteiger partial charge on any atom is 0.416 e. The van der Waals surface area contributed by atoms with Crippen molar-refractivity contribution in [2.24, 2.45) is 9.98 Å². The maximum atomic E-state index is 12.6. The summed E-state index contributed by atoms with van der Waals surface area (Å²) in [6, 6.07) is 4.26. The average Bonchev–Trinajstić information content (AvgIpc) is 2.64. The van der Waals surface area contributed by atoms with E-state index in [1.165, 1.54) is 31.5 Å². The SMILES string of the molecule is C#CC(=NC=C(C)C)OC(=O)C(C)=N/C=C(\C#C)c1ccc(C(F)(F)F)cc1. The minimum Gasteiger partial charge on any atom is -0.395 e. The summed E-state index contributed by atoms with van der Waals surface area (Å²) in [4.78, 5) is 19.7. The molecule has 0 aliphatic carbocycles. The molecule has 0 fully saturated rings. The van der Waals surface area contributed by atoms with Crippen LogP contribution in [-0.4, -0.2) is 17.6 Å². The Bertz CT molecular complexity index is 932. The molecule has 0 atom stereocenters. The topological polar surface area (TPSA) is 51.0 Å². The highest BCUT2D eigenvalue weighted by Crippen LogP contribution is 2.30. The monoisotopic (exact) mass is 386 g/mol. The third-order valence-electron chi connectivity index (χ3n) is 3.11. The van der Waals surface area contributed by atoms with Gasteiger partial charge in [-0.3, -0.25) is 4.99 Å². The summed E-state index contributed by atoms with van der Waals surface area (Å²) >= 11 is 0. The number of alkyl halides is 3. The highest BCUT2D eigenvalue weighted by atomic mass is 19.4. The van der Waals surface area contributed by atoms with Gasteiger partial charge in [-0.25, -0.2) is 9.79 Å². The Hall–Kier alpha value is -3.58. The molecule has 0 unspecified atom stereocenters. The van der Waals surface area contributed by atoms with Crippen LogP contribution in [0.5, 0.6) is 0 Å². The summed E-state index contributed by atoms with van der Waals surface area (Å²) in [5.74, 6) is 3.38. The molecule has 1 rings (SSSR count). The second-order valence-corrected chi connectivity index (χ2v) is 5.65. The number of aliphatic imine (C=N–C) groups is 2. The molecule has 28 heavy (non-hydrogen) atoms. The molecule has 0 aliphatic heterocycles. The molecule has 0 aliphatic rings. The van der Waals surface area contributed by atoms with Gasteiger partial charge in [0.1, 0.15) is 5.71 Å². The van der Waals surface area contributed by atoms with Gasteiger partial charge in [0.2, 0.25) is 0 Å². The Morgan fingerprint density at radius 3 is 2.11 bits per heavy atom. The number of hydrogen-bond donors (Lipinski definition) is 0. The second-order valence-electron chi connectivity index (χ2n) is 5.65. The van der Waals surface area contributed by atoms with Crippen molar-refractivity contribution in [2.75, 3.05) is 0 Å². The standard InChI is InChI=1S/C21H17F3N2O2/c1-6-16(17-8-10-18(11-9-17)21(22,23)24)13-25-15(5)20(27)28-19(7-2)26-12-14(3)4/h1-2,8-13H,3-5H3/b16-13+,25-15?,26-19?. The van der Waals surface area contributed by atoms with Crippen molar-refractivity contribution >= 4 is 23.2 Å². The van der Waals surface area contributed by atoms with E-state index in [9.17, 15) is 18.0 Å². The van der Waals surface area contributed by atoms with Crippen molar-refractivity contribution in [3.63, 3.8) is 0 Å². The molecular formula is C21H17F3N2O2. The number of allylic oxidation sites excluding steroid dienone is 2. The average molecular weight is 386 g/mol. The van der Waals surface area contributed by atoms with E-state index < -0.39 is 17.7 Å². The zero-order valence-electron chi connectivity index (χ0n) is 15.5. The molecule has 1 aromatic carbocycles. The number of halogens is 3. The van der Waals surface area contributed by atoms with Crippen LogP contribution in [-0.2, 0) is 15.7 Å². The molecule has 0 N–H and O–H groups in total. The number of rotatable bonds is 4. The molecule has 0 saturated heterocycles. The van der Waals surface area contributed by atoms with Crippen molar-refractivity contribution in [1.82, 2.24) is 0 Å². The van der Waals surface area contributed by atoms with Crippen LogP contribution >= 0.6 is 0 Å². The largest absolute Gasteiger partial charge is 0.416 e. The lowest BCUT2D eigenvalue weighted by Gasteiger charge is -2.07. The highest BCUT2D eigenvalue weighted by molar-refractivity contribution is 6.37. The third kappa shape index (κ3) is 6.97. The van der Waals surface area contributed by atoms with E-state index in [1.54, 1.807) is 13.8 Å². The normalized spacial score (nSPS) is 12.6. The van der Waals surface area contributed by atoms with Crippen LogP contribution in [0.2, 0.25) is 0 Å². The van der Waals surface area contributed by atoms with Crippen molar-refractivity contribution < 1.29 is 22.7 Å². The number of benzene rings is 1. The molecule has 0 radical (unpaired) electrons. The van der Waals surface area contributed by atoms with Gasteiger partial charge in [-0.2, -0.15) is 13.2 Å². The van der Waals surface area contributed by atoms with Gasteiger partial charge in [-0.05, 0) is 44.4 Å². The number of carbonyl (C=O) groups is 1. The van der Waals surface area contributed by atoms with E-state index in [1.807, 2.05) is 0 Å². The second kappa shape index (κ2) is 9.94. The number of ether oxygens (including phenoxy) is 1. The third-order valence-corrected chi connectivity index (χ3v) is 3.11. The van der Waals surface area contributed by atoms with Gasteiger partial charge >= 0.3 is 12.1 Å². The van der Waals surface area contributed by atoms with Gasteiger partial charge < -0.3 is 4.74 Å². The summed E-state index contributed by atoms with van der Waals surface area (Å²) < 4.78 is 42.8. The highest BCUT2D eigenvalue weighted by Gasteiger charge is 2.30. The molecule has 0 heterocycles. The first-order valence-electron chi connectivity index (χ1n) is 7.87. The van der Waals surface area contributed by atoms with E-state index >= 15 is 0 Å². The number of hydrogen-bond acceptors (Lipinski definition) is 4. The minimum atomic E-state index is -4.45. The molecular weight excluding hydrogens is 369 g/mol. The number of terminal acetylenes is 2. The van der Waals surface area contributed by atoms with Gasteiger partial charge in [-0.15, -0.1) is 12.8 Å². The summed E-state index contributed by atoms with van der Waals surface area (Å²) in [6.45, 7) is 4.95. The van der Waals surface area contributed by atoms with E-state index in [4.69, 9.17) is 17.6 Å². The molecule has 1 aromatic rings. The molecule has 144 valence electrons. The Kier molecular flexibility index (Phi) is 7.97. The number of nitrogens with zero attached hydrogens (tertiary/aromatic N) is 2. The number of esters is 1. The lowest BCUT2D eigenvalue weighted by atomic mass is 10.1.